The maximum absolute atomic E-state index is 13.0. The molecule has 0 unspecified atom stereocenters. The van der Waals surface area contributed by atoms with Crippen LogP contribution >= 0.6 is 7.82 Å². The Morgan fingerprint density at radius 1 is 0.968 bits per heavy atom. The molecular weight excluding hydrogens is 427 g/mol. The topological polar surface area (TPSA) is 113 Å². The van der Waals surface area contributed by atoms with E-state index in [0.717, 1.165) is 13.0 Å². The van der Waals surface area contributed by atoms with Crippen LogP contribution in [-0.4, -0.2) is 66.2 Å². The summed E-state index contributed by atoms with van der Waals surface area (Å²) in [6.07, 6.45) is 0.0838. The smallest absolute Gasteiger partial charge is 0.459 e. The van der Waals surface area contributed by atoms with Crippen molar-refractivity contribution in [2.45, 2.75) is 91.6 Å². The van der Waals surface area contributed by atoms with Gasteiger partial charge in [-0.1, -0.05) is 0 Å². The van der Waals surface area contributed by atoms with E-state index in [2.05, 4.69) is 5.32 Å². The van der Waals surface area contributed by atoms with Crippen molar-refractivity contribution in [1.82, 2.24) is 10.2 Å². The van der Waals surface area contributed by atoms with Crippen LogP contribution in [0.2, 0.25) is 0 Å². The molecular formula is C20H39N2O8P. The van der Waals surface area contributed by atoms with E-state index in [1.807, 2.05) is 0 Å². The summed E-state index contributed by atoms with van der Waals surface area (Å²) >= 11 is 0. The van der Waals surface area contributed by atoms with Crippen molar-refractivity contribution in [2.24, 2.45) is 0 Å². The number of nitrogens with zero attached hydrogens (tertiary/aromatic N) is 1. The first-order chi connectivity index (χ1) is 13.9. The maximum Gasteiger partial charge on any atom is 0.478 e. The van der Waals surface area contributed by atoms with Crippen LogP contribution in [-0.2, 0) is 32.4 Å². The first-order valence-electron chi connectivity index (χ1n) is 10.4. The van der Waals surface area contributed by atoms with Crippen molar-refractivity contribution in [1.29, 1.82) is 0 Å². The number of rotatable bonds is 9. The lowest BCUT2D eigenvalue weighted by Gasteiger charge is -2.33. The summed E-state index contributed by atoms with van der Waals surface area (Å²) in [6.45, 7) is 15.6. The van der Waals surface area contributed by atoms with Crippen molar-refractivity contribution in [3.63, 3.8) is 0 Å². The third kappa shape index (κ3) is 12.4. The number of carbonyl (C=O) groups excluding carboxylic acids is 2. The lowest BCUT2D eigenvalue weighted by atomic mass is 10.1. The van der Waals surface area contributed by atoms with Crippen molar-refractivity contribution >= 4 is 19.9 Å². The third-order valence-electron chi connectivity index (χ3n) is 3.53. The molecule has 0 spiro atoms. The fourth-order valence-corrected chi connectivity index (χ4v) is 4.14. The molecule has 0 aromatic heterocycles. The van der Waals surface area contributed by atoms with Gasteiger partial charge in [-0.15, -0.1) is 0 Å². The number of phosphoric ester groups is 1. The van der Waals surface area contributed by atoms with Crippen LogP contribution in [0.5, 0.6) is 0 Å². The maximum atomic E-state index is 13.0. The molecule has 0 aromatic carbocycles. The van der Waals surface area contributed by atoms with E-state index in [9.17, 15) is 14.2 Å². The van der Waals surface area contributed by atoms with Gasteiger partial charge in [0.05, 0.1) is 11.2 Å². The summed E-state index contributed by atoms with van der Waals surface area (Å²) in [6, 6.07) is 0.0652. The molecule has 182 valence electrons. The second-order valence-corrected chi connectivity index (χ2v) is 11.9. The number of esters is 1. The van der Waals surface area contributed by atoms with Crippen LogP contribution in [0.25, 0.3) is 0 Å². The highest BCUT2D eigenvalue weighted by Crippen LogP contribution is 2.55. The number of carbonyl (C=O) groups is 2. The van der Waals surface area contributed by atoms with Crippen LogP contribution in [0.4, 0.5) is 4.79 Å². The van der Waals surface area contributed by atoms with Gasteiger partial charge in [0.1, 0.15) is 12.1 Å². The summed E-state index contributed by atoms with van der Waals surface area (Å²) in [5.74, 6) is -0.553. The van der Waals surface area contributed by atoms with Crippen LogP contribution in [0.1, 0.15) is 68.7 Å². The molecule has 11 heteroatoms. The van der Waals surface area contributed by atoms with Gasteiger partial charge in [-0.3, -0.25) is 18.7 Å². The Bertz CT molecular complexity index is 640. The standard InChI is InChI=1S/C20H39N2O8P/c1-18(2,3)28-16(23)13-22(12-15-10-11-21-15)17(24)26-14-27-31(25,29-19(4,5)6)30-20(7,8)9/h15,21H,10-14H2,1-9H3/t15-/m1/s1. The predicted octanol–water partition coefficient (Wildman–Crippen LogP) is 3.84. The molecule has 0 aromatic rings. The second-order valence-electron chi connectivity index (χ2n) is 10.4. The Morgan fingerprint density at radius 3 is 1.87 bits per heavy atom. The van der Waals surface area contributed by atoms with Crippen LogP contribution in [0.15, 0.2) is 0 Å². The molecule has 1 N–H and O–H groups in total. The molecule has 1 fully saturated rings. The number of phosphoric acid groups is 1. The molecule has 1 atom stereocenters. The monoisotopic (exact) mass is 466 g/mol. The van der Waals surface area contributed by atoms with Gasteiger partial charge in [0.15, 0.2) is 0 Å². The Kier molecular flexibility index (Phi) is 9.54. The Balaban J connectivity index is 2.74. The highest BCUT2D eigenvalue weighted by molar-refractivity contribution is 7.48. The van der Waals surface area contributed by atoms with E-state index in [0.29, 0.717) is 0 Å². The van der Waals surface area contributed by atoms with E-state index >= 15 is 0 Å². The molecule has 10 nitrogen and oxygen atoms in total. The summed E-state index contributed by atoms with van der Waals surface area (Å²) in [7, 11) is -4.03. The van der Waals surface area contributed by atoms with Crippen molar-refractivity contribution in [3.05, 3.63) is 0 Å². The number of amides is 1. The Labute approximate surface area is 185 Å². The number of hydrogen-bond donors (Lipinski definition) is 1. The Hall–Kier alpha value is -1.19. The number of ether oxygens (including phenoxy) is 2. The lowest BCUT2D eigenvalue weighted by Crippen LogP contribution is -2.53. The van der Waals surface area contributed by atoms with E-state index in [1.165, 1.54) is 4.90 Å². The van der Waals surface area contributed by atoms with Gasteiger partial charge in [-0.05, 0) is 75.3 Å². The van der Waals surface area contributed by atoms with Crippen molar-refractivity contribution in [2.75, 3.05) is 26.4 Å². The minimum atomic E-state index is -4.03. The summed E-state index contributed by atoms with van der Waals surface area (Å²) in [5.41, 5.74) is -2.31. The third-order valence-corrected chi connectivity index (χ3v) is 5.49. The fourth-order valence-electron chi connectivity index (χ4n) is 2.48. The minimum absolute atomic E-state index is 0.0652. The van der Waals surface area contributed by atoms with Gasteiger partial charge in [0.2, 0.25) is 6.79 Å². The van der Waals surface area contributed by atoms with Gasteiger partial charge < -0.3 is 14.8 Å². The molecule has 0 bridgehead atoms. The molecule has 1 saturated heterocycles. The van der Waals surface area contributed by atoms with E-state index in [4.69, 9.17) is 23.0 Å². The zero-order valence-electron chi connectivity index (χ0n) is 20.3. The van der Waals surface area contributed by atoms with Gasteiger partial charge in [-0.2, -0.15) is 0 Å². The highest BCUT2D eigenvalue weighted by atomic mass is 31.2. The molecule has 1 rings (SSSR count). The molecule has 1 heterocycles. The molecule has 1 amide bonds. The van der Waals surface area contributed by atoms with Crippen molar-refractivity contribution in [3.8, 4) is 0 Å². The van der Waals surface area contributed by atoms with E-state index < -0.39 is 43.5 Å². The Morgan fingerprint density at radius 2 is 1.48 bits per heavy atom. The number of nitrogens with one attached hydrogen (secondary N) is 1. The highest BCUT2D eigenvalue weighted by Gasteiger charge is 2.38. The molecule has 1 aliphatic rings. The number of hydrogen-bond acceptors (Lipinski definition) is 9. The van der Waals surface area contributed by atoms with Gasteiger partial charge in [-0.25, -0.2) is 13.9 Å². The second kappa shape index (κ2) is 10.6. The molecule has 0 saturated carbocycles. The molecule has 31 heavy (non-hydrogen) atoms. The predicted molar refractivity (Wildman–Crippen MR) is 116 cm³/mol. The lowest BCUT2D eigenvalue weighted by molar-refractivity contribution is -0.156. The normalized spacial score (nSPS) is 17.6. The zero-order valence-corrected chi connectivity index (χ0v) is 21.2. The van der Waals surface area contributed by atoms with E-state index in [1.54, 1.807) is 62.3 Å². The van der Waals surface area contributed by atoms with Crippen LogP contribution in [0.3, 0.4) is 0 Å². The summed E-state index contributed by atoms with van der Waals surface area (Å²) in [4.78, 5) is 26.0. The largest absolute Gasteiger partial charge is 0.478 e. The minimum Gasteiger partial charge on any atom is -0.459 e. The molecule has 0 radical (unpaired) electrons. The first kappa shape index (κ1) is 27.8. The van der Waals surface area contributed by atoms with Gasteiger partial charge >= 0.3 is 19.9 Å². The quantitative estimate of drug-likeness (QED) is 0.308. The van der Waals surface area contributed by atoms with Crippen LogP contribution < -0.4 is 5.32 Å². The SMILES string of the molecule is CC(C)(C)OC(=O)CN(C[C@H]1CCN1)C(=O)OCOP(=O)(OC(C)(C)C)OC(C)(C)C. The summed E-state index contributed by atoms with van der Waals surface area (Å²) < 4.78 is 39.6. The van der Waals surface area contributed by atoms with Gasteiger partial charge in [0.25, 0.3) is 0 Å². The molecule has 1 aliphatic heterocycles. The zero-order chi connectivity index (χ0) is 24.1. The molecule has 0 aliphatic carbocycles. The van der Waals surface area contributed by atoms with Crippen LogP contribution in [0, 0.1) is 0 Å². The first-order valence-corrected chi connectivity index (χ1v) is 11.9. The average molecular weight is 467 g/mol. The average Bonchev–Trinajstić information content (AvgIpc) is 2.43. The summed E-state index contributed by atoms with van der Waals surface area (Å²) in [5, 5.41) is 3.17. The van der Waals surface area contributed by atoms with Gasteiger partial charge in [0, 0.05) is 12.6 Å². The van der Waals surface area contributed by atoms with Crippen molar-refractivity contribution < 1.29 is 37.2 Å². The van der Waals surface area contributed by atoms with E-state index in [-0.39, 0.29) is 19.1 Å². The fraction of sp³-hybridized carbons (Fsp3) is 0.900.